The van der Waals surface area contributed by atoms with Gasteiger partial charge >= 0.3 is 0 Å². The van der Waals surface area contributed by atoms with E-state index in [9.17, 15) is 4.79 Å². The van der Waals surface area contributed by atoms with Crippen molar-refractivity contribution in [2.75, 3.05) is 12.0 Å². The van der Waals surface area contributed by atoms with Crippen molar-refractivity contribution in [3.05, 3.63) is 93.5 Å². The Balaban J connectivity index is 1.87. The van der Waals surface area contributed by atoms with Crippen LogP contribution in [-0.4, -0.2) is 18.6 Å². The molecule has 3 nitrogen and oxygen atoms in total. The molecule has 1 atom stereocenters. The van der Waals surface area contributed by atoms with Crippen LogP contribution < -0.4 is 9.64 Å². The molecule has 0 saturated heterocycles. The Morgan fingerprint density at radius 1 is 0.968 bits per heavy atom. The Labute approximate surface area is 193 Å². The normalized spacial score (nSPS) is 19.6. The van der Waals surface area contributed by atoms with Gasteiger partial charge in [0.15, 0.2) is 0 Å². The fourth-order valence-corrected chi connectivity index (χ4v) is 5.24. The number of anilines is 1. The van der Waals surface area contributed by atoms with Crippen molar-refractivity contribution in [1.29, 1.82) is 0 Å². The van der Waals surface area contributed by atoms with Crippen LogP contribution in [-0.2, 0) is 5.41 Å². The lowest BCUT2D eigenvalue weighted by molar-refractivity contribution is 0.0948. The Hall–Kier alpha value is -2.59. The van der Waals surface area contributed by atoms with E-state index < -0.39 is 0 Å². The summed E-state index contributed by atoms with van der Waals surface area (Å²) < 4.78 is 6.33. The maximum absolute atomic E-state index is 13.7. The molecule has 0 saturated carbocycles. The zero-order chi connectivity index (χ0) is 22.4. The molecular formula is C27H28BrNO2. The maximum Gasteiger partial charge on any atom is 0.258 e. The van der Waals surface area contributed by atoms with Gasteiger partial charge < -0.3 is 9.64 Å². The van der Waals surface area contributed by atoms with Gasteiger partial charge in [-0.1, -0.05) is 52.7 Å². The van der Waals surface area contributed by atoms with Gasteiger partial charge in [0, 0.05) is 26.7 Å². The second-order valence-corrected chi connectivity index (χ2v) is 10.1. The topological polar surface area (TPSA) is 29.5 Å². The quantitative estimate of drug-likeness (QED) is 0.410. The van der Waals surface area contributed by atoms with Gasteiger partial charge in [0.05, 0.1) is 7.11 Å². The number of carbonyl (C=O) groups excluding carboxylic acids is 1. The van der Waals surface area contributed by atoms with Crippen molar-refractivity contribution < 1.29 is 9.53 Å². The van der Waals surface area contributed by atoms with Crippen LogP contribution in [0.3, 0.4) is 0 Å². The third-order valence-electron chi connectivity index (χ3n) is 6.40. The van der Waals surface area contributed by atoms with Crippen LogP contribution in [0.15, 0.2) is 71.2 Å². The fraction of sp³-hybridized carbons (Fsp3) is 0.296. The van der Waals surface area contributed by atoms with E-state index in [0.29, 0.717) is 5.56 Å². The molecule has 1 heterocycles. The summed E-state index contributed by atoms with van der Waals surface area (Å²) in [7, 11) is 1.63. The summed E-state index contributed by atoms with van der Waals surface area (Å²) in [6.07, 6.45) is 0.819. The Bertz CT molecular complexity index is 1120. The number of aryl methyl sites for hydroxylation is 1. The van der Waals surface area contributed by atoms with Crippen molar-refractivity contribution in [2.45, 2.75) is 45.1 Å². The van der Waals surface area contributed by atoms with E-state index in [0.717, 1.165) is 22.3 Å². The molecule has 1 amide bonds. The molecule has 0 spiro atoms. The van der Waals surface area contributed by atoms with Gasteiger partial charge in [0.2, 0.25) is 0 Å². The summed E-state index contributed by atoms with van der Waals surface area (Å²) in [5, 5.41) is 0. The van der Waals surface area contributed by atoms with E-state index in [4.69, 9.17) is 4.74 Å². The molecule has 31 heavy (non-hydrogen) atoms. The van der Waals surface area contributed by atoms with E-state index in [1.807, 2.05) is 29.2 Å². The smallest absolute Gasteiger partial charge is 0.258 e. The number of ether oxygens (including phenoxy) is 1. The molecule has 0 N–H and O–H groups in total. The highest BCUT2D eigenvalue weighted by Gasteiger charge is 2.47. The number of halogens is 1. The molecule has 1 aliphatic heterocycles. The summed E-state index contributed by atoms with van der Waals surface area (Å²) >= 11 is 3.56. The van der Waals surface area contributed by atoms with Gasteiger partial charge in [-0.3, -0.25) is 4.79 Å². The predicted octanol–water partition coefficient (Wildman–Crippen LogP) is 6.90. The molecule has 0 aromatic heterocycles. The van der Waals surface area contributed by atoms with E-state index >= 15 is 0 Å². The van der Waals surface area contributed by atoms with Gasteiger partial charge in [0.1, 0.15) is 5.75 Å². The summed E-state index contributed by atoms with van der Waals surface area (Å²) in [6, 6.07) is 22.4. The summed E-state index contributed by atoms with van der Waals surface area (Å²) in [5.74, 6) is 0.754. The number of methoxy groups -OCH3 is 1. The number of hydrogen-bond donors (Lipinski definition) is 0. The Morgan fingerprint density at radius 2 is 1.61 bits per heavy atom. The SMILES string of the molecule is COc1ccc(C(=O)N2c3ccc(C)cc3C(C)(c3ccc(Br)cc3)CC2(C)C)cc1. The van der Waals surface area contributed by atoms with Gasteiger partial charge in [-0.25, -0.2) is 0 Å². The molecule has 0 aliphatic carbocycles. The van der Waals surface area contributed by atoms with Crippen molar-refractivity contribution >= 4 is 27.5 Å². The highest BCUT2D eigenvalue weighted by Crippen LogP contribution is 2.51. The number of rotatable bonds is 3. The van der Waals surface area contributed by atoms with E-state index in [-0.39, 0.29) is 16.9 Å². The first kappa shape index (κ1) is 21.6. The monoisotopic (exact) mass is 477 g/mol. The molecule has 0 bridgehead atoms. The van der Waals surface area contributed by atoms with Crippen molar-refractivity contribution in [1.82, 2.24) is 0 Å². The van der Waals surface area contributed by atoms with Gasteiger partial charge in [-0.15, -0.1) is 0 Å². The van der Waals surface area contributed by atoms with Crippen molar-refractivity contribution in [2.24, 2.45) is 0 Å². The lowest BCUT2D eigenvalue weighted by Gasteiger charge is -2.51. The molecule has 3 aromatic carbocycles. The minimum absolute atomic E-state index is 0.00983. The number of benzene rings is 3. The maximum atomic E-state index is 13.7. The minimum atomic E-state index is -0.374. The van der Waals surface area contributed by atoms with E-state index in [1.165, 1.54) is 16.7 Å². The highest BCUT2D eigenvalue weighted by molar-refractivity contribution is 9.10. The molecule has 1 aliphatic rings. The van der Waals surface area contributed by atoms with Gasteiger partial charge in [-0.05, 0) is 80.8 Å². The number of carbonyl (C=O) groups is 1. The lowest BCUT2D eigenvalue weighted by atomic mass is 9.65. The minimum Gasteiger partial charge on any atom is -0.497 e. The molecule has 4 heteroatoms. The molecular weight excluding hydrogens is 450 g/mol. The average Bonchev–Trinajstić information content (AvgIpc) is 2.74. The number of hydrogen-bond acceptors (Lipinski definition) is 2. The standard InChI is InChI=1S/C27H28BrNO2/c1-18-6-15-24-23(16-18)27(4,20-9-11-21(28)12-10-20)17-26(2,3)29(24)25(30)19-7-13-22(31-5)14-8-19/h6-16H,17H2,1-5H3. The lowest BCUT2D eigenvalue weighted by Crippen LogP contribution is -2.55. The van der Waals surface area contributed by atoms with Gasteiger partial charge in [0.25, 0.3) is 5.91 Å². The number of fused-ring (bicyclic) bond motifs is 1. The Kier molecular flexibility index (Phi) is 5.47. The molecule has 0 fully saturated rings. The molecule has 1 unspecified atom stereocenters. The molecule has 3 aromatic rings. The predicted molar refractivity (Wildman–Crippen MR) is 130 cm³/mol. The second-order valence-electron chi connectivity index (χ2n) is 9.22. The zero-order valence-corrected chi connectivity index (χ0v) is 20.3. The first-order valence-corrected chi connectivity index (χ1v) is 11.3. The zero-order valence-electron chi connectivity index (χ0n) is 18.7. The number of nitrogens with zero attached hydrogens (tertiary/aromatic N) is 1. The molecule has 160 valence electrons. The average molecular weight is 478 g/mol. The third kappa shape index (κ3) is 3.78. The highest BCUT2D eigenvalue weighted by atomic mass is 79.9. The van der Waals surface area contributed by atoms with Gasteiger partial charge in [-0.2, -0.15) is 0 Å². The van der Waals surface area contributed by atoms with Crippen LogP contribution in [0, 0.1) is 6.92 Å². The van der Waals surface area contributed by atoms with Crippen LogP contribution in [0.1, 0.15) is 54.2 Å². The number of amides is 1. The first-order valence-electron chi connectivity index (χ1n) is 10.5. The van der Waals surface area contributed by atoms with Crippen molar-refractivity contribution in [3.8, 4) is 5.75 Å². The Morgan fingerprint density at radius 3 is 2.23 bits per heavy atom. The van der Waals surface area contributed by atoms with Crippen LogP contribution >= 0.6 is 15.9 Å². The second kappa shape index (κ2) is 7.83. The van der Waals surface area contributed by atoms with Crippen LogP contribution in [0.4, 0.5) is 5.69 Å². The van der Waals surface area contributed by atoms with E-state index in [1.54, 1.807) is 7.11 Å². The van der Waals surface area contributed by atoms with Crippen LogP contribution in [0.5, 0.6) is 5.75 Å². The van der Waals surface area contributed by atoms with Crippen LogP contribution in [0.2, 0.25) is 0 Å². The van der Waals surface area contributed by atoms with Crippen LogP contribution in [0.25, 0.3) is 0 Å². The summed E-state index contributed by atoms with van der Waals surface area (Å²) in [4.78, 5) is 15.7. The first-order chi connectivity index (χ1) is 14.7. The van der Waals surface area contributed by atoms with Crippen molar-refractivity contribution in [3.63, 3.8) is 0 Å². The fourth-order valence-electron chi connectivity index (χ4n) is 4.97. The third-order valence-corrected chi connectivity index (χ3v) is 6.93. The summed E-state index contributed by atoms with van der Waals surface area (Å²) in [5.41, 5.74) is 4.70. The molecule has 0 radical (unpaired) electrons. The van der Waals surface area contributed by atoms with E-state index in [2.05, 4.69) is 86.1 Å². The molecule has 4 rings (SSSR count). The summed E-state index contributed by atoms with van der Waals surface area (Å²) in [6.45, 7) is 8.73. The largest absolute Gasteiger partial charge is 0.497 e.